The molecule has 0 spiro atoms. The summed E-state index contributed by atoms with van der Waals surface area (Å²) in [6.45, 7) is 7.01. The van der Waals surface area contributed by atoms with E-state index in [4.69, 9.17) is 5.11 Å². The highest BCUT2D eigenvalue weighted by Crippen LogP contribution is 2.20. The first-order valence-corrected chi connectivity index (χ1v) is 8.21. The number of rotatable bonds is 6. The van der Waals surface area contributed by atoms with Gasteiger partial charge in [-0.2, -0.15) is 4.31 Å². The van der Waals surface area contributed by atoms with Gasteiger partial charge in [0.15, 0.2) is 5.25 Å². The van der Waals surface area contributed by atoms with Gasteiger partial charge in [-0.25, -0.2) is 8.42 Å². The number of hydrogen-bond acceptors (Lipinski definition) is 4. The van der Waals surface area contributed by atoms with Gasteiger partial charge in [0, 0.05) is 12.6 Å². The van der Waals surface area contributed by atoms with Crippen molar-refractivity contribution < 1.29 is 18.3 Å². The lowest BCUT2D eigenvalue weighted by Crippen LogP contribution is -2.47. The average Bonchev–Trinajstić information content (AvgIpc) is 2.35. The van der Waals surface area contributed by atoms with Crippen LogP contribution in [0.5, 0.6) is 0 Å². The monoisotopic (exact) mass is 292 g/mol. The lowest BCUT2D eigenvalue weighted by Gasteiger charge is -2.33. The third-order valence-electron chi connectivity index (χ3n) is 3.59. The molecule has 1 rings (SSSR count). The van der Waals surface area contributed by atoms with E-state index in [0.29, 0.717) is 12.5 Å². The van der Waals surface area contributed by atoms with Gasteiger partial charge in [0.25, 0.3) is 0 Å². The minimum absolute atomic E-state index is 0.221. The number of sulfonamides is 1. The number of piperidine rings is 1. The molecule has 1 atom stereocenters. The van der Waals surface area contributed by atoms with Crippen molar-refractivity contribution in [2.75, 3.05) is 19.6 Å². The number of hydrogen-bond donors (Lipinski definition) is 2. The maximum Gasteiger partial charge on any atom is 0.323 e. The quantitative estimate of drug-likeness (QED) is 0.744. The Labute approximate surface area is 115 Å². The van der Waals surface area contributed by atoms with E-state index < -0.39 is 21.2 Å². The normalized spacial score (nSPS) is 19.8. The maximum absolute atomic E-state index is 12.3. The van der Waals surface area contributed by atoms with Crippen molar-refractivity contribution in [3.63, 3.8) is 0 Å². The Hall–Kier alpha value is -0.660. The summed E-state index contributed by atoms with van der Waals surface area (Å²) in [5.74, 6) is -0.990. The Morgan fingerprint density at radius 2 is 1.84 bits per heavy atom. The van der Waals surface area contributed by atoms with Crippen LogP contribution < -0.4 is 5.32 Å². The van der Waals surface area contributed by atoms with Gasteiger partial charge in [-0.15, -0.1) is 0 Å². The summed E-state index contributed by atoms with van der Waals surface area (Å²) in [7, 11) is -3.79. The molecule has 0 aromatic heterocycles. The third kappa shape index (κ3) is 4.15. The molecular formula is C12H24N2O4S. The summed E-state index contributed by atoms with van der Waals surface area (Å²) in [6.07, 6.45) is 1.86. The molecule has 1 aliphatic heterocycles. The molecule has 7 heteroatoms. The van der Waals surface area contributed by atoms with E-state index in [1.165, 1.54) is 11.2 Å². The van der Waals surface area contributed by atoms with E-state index in [1.807, 2.05) is 0 Å². The Kier molecular flexibility index (Phi) is 5.76. The highest BCUT2D eigenvalue weighted by molar-refractivity contribution is 7.90. The van der Waals surface area contributed by atoms with Gasteiger partial charge in [0.1, 0.15) is 0 Å². The largest absolute Gasteiger partial charge is 0.480 e. The highest BCUT2D eigenvalue weighted by atomic mass is 32.2. The number of nitrogens with zero attached hydrogens (tertiary/aromatic N) is 1. The average molecular weight is 292 g/mol. The third-order valence-corrected chi connectivity index (χ3v) is 5.91. The number of aliphatic carboxylic acids is 1. The van der Waals surface area contributed by atoms with Crippen LogP contribution in [0.3, 0.4) is 0 Å². The second kappa shape index (κ2) is 6.67. The topological polar surface area (TPSA) is 86.7 Å². The lowest BCUT2D eigenvalue weighted by atomic mass is 9.98. The van der Waals surface area contributed by atoms with E-state index in [1.54, 1.807) is 13.8 Å². The van der Waals surface area contributed by atoms with Crippen molar-refractivity contribution >= 4 is 16.0 Å². The van der Waals surface area contributed by atoms with Crippen LogP contribution in [-0.4, -0.2) is 54.7 Å². The molecular weight excluding hydrogens is 268 g/mol. The minimum Gasteiger partial charge on any atom is -0.480 e. The molecule has 1 fully saturated rings. The van der Waals surface area contributed by atoms with Crippen LogP contribution in [-0.2, 0) is 14.8 Å². The molecule has 1 aliphatic rings. The predicted octanol–water partition coefficient (Wildman–Crippen LogP) is 0.499. The molecule has 0 aliphatic carbocycles. The molecule has 0 amide bonds. The SMILES string of the molecule is CC(C)N(CC1CCNCC1)S(=O)(=O)C(C)C(=O)O. The Bertz CT molecular complexity index is 402. The molecule has 2 N–H and O–H groups in total. The van der Waals surface area contributed by atoms with Gasteiger partial charge < -0.3 is 10.4 Å². The van der Waals surface area contributed by atoms with Crippen LogP contribution in [0, 0.1) is 5.92 Å². The van der Waals surface area contributed by atoms with Crippen LogP contribution in [0.4, 0.5) is 0 Å². The van der Waals surface area contributed by atoms with Crippen LogP contribution in [0.25, 0.3) is 0 Å². The summed E-state index contributed by atoms with van der Waals surface area (Å²) in [5.41, 5.74) is 0. The zero-order chi connectivity index (χ0) is 14.6. The Balaban J connectivity index is 2.84. The van der Waals surface area contributed by atoms with E-state index in [0.717, 1.165) is 25.9 Å². The van der Waals surface area contributed by atoms with E-state index in [-0.39, 0.29) is 6.04 Å². The summed E-state index contributed by atoms with van der Waals surface area (Å²) in [6, 6.07) is -0.221. The number of carboxylic acid groups (broad SMARTS) is 1. The smallest absolute Gasteiger partial charge is 0.323 e. The van der Waals surface area contributed by atoms with Gasteiger partial charge >= 0.3 is 5.97 Å². The fraction of sp³-hybridized carbons (Fsp3) is 0.917. The Morgan fingerprint density at radius 1 is 1.32 bits per heavy atom. The molecule has 0 aromatic carbocycles. The summed E-state index contributed by atoms with van der Waals surface area (Å²) < 4.78 is 26.0. The van der Waals surface area contributed by atoms with Crippen LogP contribution in [0.15, 0.2) is 0 Å². The molecule has 0 radical (unpaired) electrons. The van der Waals surface area contributed by atoms with E-state index in [9.17, 15) is 13.2 Å². The van der Waals surface area contributed by atoms with Crippen molar-refractivity contribution in [3.05, 3.63) is 0 Å². The highest BCUT2D eigenvalue weighted by Gasteiger charge is 2.36. The lowest BCUT2D eigenvalue weighted by molar-refractivity contribution is -0.136. The molecule has 1 unspecified atom stereocenters. The molecule has 1 saturated heterocycles. The first kappa shape index (κ1) is 16.4. The molecule has 0 bridgehead atoms. The zero-order valence-electron chi connectivity index (χ0n) is 11.8. The van der Waals surface area contributed by atoms with Gasteiger partial charge in [-0.1, -0.05) is 0 Å². The van der Waals surface area contributed by atoms with Crippen LogP contribution in [0.1, 0.15) is 33.6 Å². The van der Waals surface area contributed by atoms with Crippen LogP contribution >= 0.6 is 0 Å². The first-order valence-electron chi connectivity index (χ1n) is 6.71. The summed E-state index contributed by atoms with van der Waals surface area (Å²) in [4.78, 5) is 10.9. The molecule has 1 heterocycles. The summed E-state index contributed by atoms with van der Waals surface area (Å²) >= 11 is 0. The predicted molar refractivity (Wildman–Crippen MR) is 73.5 cm³/mol. The fourth-order valence-corrected chi connectivity index (χ4v) is 3.93. The number of carboxylic acids is 1. The zero-order valence-corrected chi connectivity index (χ0v) is 12.6. The van der Waals surface area contributed by atoms with Crippen molar-refractivity contribution in [2.24, 2.45) is 5.92 Å². The van der Waals surface area contributed by atoms with Crippen molar-refractivity contribution in [1.82, 2.24) is 9.62 Å². The minimum atomic E-state index is -3.79. The van der Waals surface area contributed by atoms with Gasteiger partial charge in [-0.3, -0.25) is 4.79 Å². The van der Waals surface area contributed by atoms with Gasteiger partial charge in [-0.05, 0) is 52.6 Å². The second-order valence-corrected chi connectivity index (χ2v) is 7.59. The van der Waals surface area contributed by atoms with Gasteiger partial charge in [0.05, 0.1) is 0 Å². The number of nitrogens with one attached hydrogen (secondary N) is 1. The van der Waals surface area contributed by atoms with Crippen LogP contribution in [0.2, 0.25) is 0 Å². The van der Waals surface area contributed by atoms with Gasteiger partial charge in [0.2, 0.25) is 10.0 Å². The maximum atomic E-state index is 12.3. The molecule has 0 saturated carbocycles. The number of carbonyl (C=O) groups is 1. The Morgan fingerprint density at radius 3 is 2.26 bits per heavy atom. The van der Waals surface area contributed by atoms with E-state index >= 15 is 0 Å². The second-order valence-electron chi connectivity index (χ2n) is 5.38. The fourth-order valence-electron chi connectivity index (χ4n) is 2.26. The molecule has 112 valence electrons. The van der Waals surface area contributed by atoms with E-state index in [2.05, 4.69) is 5.32 Å². The molecule has 0 aromatic rings. The summed E-state index contributed by atoms with van der Waals surface area (Å²) in [5, 5.41) is 10.8. The first-order chi connectivity index (χ1) is 8.76. The molecule has 19 heavy (non-hydrogen) atoms. The van der Waals surface area contributed by atoms with Crippen molar-refractivity contribution in [1.29, 1.82) is 0 Å². The molecule has 6 nitrogen and oxygen atoms in total. The van der Waals surface area contributed by atoms with Crippen molar-refractivity contribution in [2.45, 2.75) is 44.9 Å². The van der Waals surface area contributed by atoms with Crippen molar-refractivity contribution in [3.8, 4) is 0 Å². The standard InChI is InChI=1S/C12H24N2O4S/c1-9(2)14(8-11-4-6-13-7-5-11)19(17,18)10(3)12(15)16/h9-11,13H,4-8H2,1-3H3,(H,15,16).